The number of aromatic nitrogens is 2. The van der Waals surface area contributed by atoms with Crippen molar-refractivity contribution in [2.75, 3.05) is 6.61 Å². The zero-order chi connectivity index (χ0) is 14.6. The summed E-state index contributed by atoms with van der Waals surface area (Å²) in [6.07, 6.45) is 5.18. The molecule has 0 unspecified atom stereocenters. The number of carbonyl (C=O) groups is 1. The fraction of sp³-hybridized carbons (Fsp3) is 0.333. The lowest BCUT2D eigenvalue weighted by molar-refractivity contribution is -0.157. The van der Waals surface area contributed by atoms with Crippen LogP contribution in [-0.2, 0) is 9.53 Å². The number of imidazole rings is 1. The second-order valence-corrected chi connectivity index (χ2v) is 5.31. The van der Waals surface area contributed by atoms with E-state index in [0.29, 0.717) is 5.75 Å². The minimum absolute atomic E-state index is 0.122. The van der Waals surface area contributed by atoms with Gasteiger partial charge in [-0.05, 0) is 32.9 Å². The molecule has 1 aromatic heterocycles. The molecule has 106 valence electrons. The molecule has 5 nitrogen and oxygen atoms in total. The fourth-order valence-electron chi connectivity index (χ4n) is 1.70. The van der Waals surface area contributed by atoms with Crippen molar-refractivity contribution in [2.45, 2.75) is 26.4 Å². The predicted molar refractivity (Wildman–Crippen MR) is 74.9 cm³/mol. The Kier molecular flexibility index (Phi) is 4.08. The standard InChI is InChI=1S/C15H18N2O3/c1-15(2,3)20-14(18)10-19-13-7-5-4-6-12(13)17-9-8-16-11-17/h4-9,11H,10H2,1-3H3. The van der Waals surface area contributed by atoms with Crippen LogP contribution in [0, 0.1) is 0 Å². The first kappa shape index (κ1) is 14.1. The molecule has 0 spiro atoms. The van der Waals surface area contributed by atoms with Crippen LogP contribution in [0.25, 0.3) is 5.69 Å². The molecule has 0 aliphatic carbocycles. The van der Waals surface area contributed by atoms with Gasteiger partial charge < -0.3 is 14.0 Å². The van der Waals surface area contributed by atoms with Crippen LogP contribution in [-0.4, -0.2) is 27.7 Å². The Hall–Kier alpha value is -2.30. The molecular formula is C15H18N2O3. The summed E-state index contributed by atoms with van der Waals surface area (Å²) in [5.74, 6) is 0.217. The maximum atomic E-state index is 11.7. The molecule has 2 rings (SSSR count). The normalized spacial score (nSPS) is 11.2. The molecule has 0 aliphatic rings. The van der Waals surface area contributed by atoms with E-state index in [1.807, 2.05) is 49.7 Å². The molecule has 5 heteroatoms. The summed E-state index contributed by atoms with van der Waals surface area (Å²) in [5, 5.41) is 0. The quantitative estimate of drug-likeness (QED) is 0.804. The van der Waals surface area contributed by atoms with E-state index in [9.17, 15) is 4.79 Å². The van der Waals surface area contributed by atoms with Gasteiger partial charge in [0.2, 0.25) is 0 Å². The minimum Gasteiger partial charge on any atom is -0.480 e. The number of hydrogen-bond donors (Lipinski definition) is 0. The number of esters is 1. The fourth-order valence-corrected chi connectivity index (χ4v) is 1.70. The van der Waals surface area contributed by atoms with E-state index in [2.05, 4.69) is 4.98 Å². The maximum absolute atomic E-state index is 11.7. The van der Waals surface area contributed by atoms with E-state index in [-0.39, 0.29) is 6.61 Å². The van der Waals surface area contributed by atoms with Crippen molar-refractivity contribution in [1.82, 2.24) is 9.55 Å². The molecule has 0 bridgehead atoms. The summed E-state index contributed by atoms with van der Waals surface area (Å²) in [6, 6.07) is 7.45. The van der Waals surface area contributed by atoms with Gasteiger partial charge in [-0.25, -0.2) is 9.78 Å². The maximum Gasteiger partial charge on any atom is 0.344 e. The predicted octanol–water partition coefficient (Wildman–Crippen LogP) is 2.59. The Balaban J connectivity index is 2.06. The van der Waals surface area contributed by atoms with Gasteiger partial charge in [0.25, 0.3) is 0 Å². The van der Waals surface area contributed by atoms with Crippen molar-refractivity contribution in [3.05, 3.63) is 43.0 Å². The molecule has 0 saturated heterocycles. The Morgan fingerprint density at radius 2 is 2.05 bits per heavy atom. The average molecular weight is 274 g/mol. The third-order valence-corrected chi connectivity index (χ3v) is 2.41. The first-order valence-electron chi connectivity index (χ1n) is 6.38. The third-order valence-electron chi connectivity index (χ3n) is 2.41. The van der Waals surface area contributed by atoms with Crippen molar-refractivity contribution in [1.29, 1.82) is 0 Å². The SMILES string of the molecule is CC(C)(C)OC(=O)COc1ccccc1-n1ccnc1. The molecule has 0 amide bonds. The second-order valence-electron chi connectivity index (χ2n) is 5.31. The topological polar surface area (TPSA) is 53.4 Å². The number of para-hydroxylation sites is 2. The van der Waals surface area contributed by atoms with Crippen molar-refractivity contribution < 1.29 is 14.3 Å². The molecule has 1 heterocycles. The number of hydrogen-bond acceptors (Lipinski definition) is 4. The second kappa shape index (κ2) is 5.77. The lowest BCUT2D eigenvalue weighted by atomic mass is 10.2. The number of nitrogens with zero attached hydrogens (tertiary/aromatic N) is 2. The number of rotatable bonds is 4. The molecular weight excluding hydrogens is 256 g/mol. The van der Waals surface area contributed by atoms with Crippen LogP contribution in [0.4, 0.5) is 0 Å². The van der Waals surface area contributed by atoms with Gasteiger partial charge in [0.15, 0.2) is 6.61 Å². The first-order valence-corrected chi connectivity index (χ1v) is 6.38. The summed E-state index contributed by atoms with van der Waals surface area (Å²) < 4.78 is 12.6. The third kappa shape index (κ3) is 3.85. The molecule has 0 N–H and O–H groups in total. The number of ether oxygens (including phenoxy) is 2. The number of benzene rings is 1. The first-order chi connectivity index (χ1) is 9.46. The van der Waals surface area contributed by atoms with Gasteiger partial charge in [-0.3, -0.25) is 0 Å². The van der Waals surface area contributed by atoms with E-state index in [0.717, 1.165) is 5.69 Å². The van der Waals surface area contributed by atoms with Crippen LogP contribution in [0.15, 0.2) is 43.0 Å². The van der Waals surface area contributed by atoms with Crippen molar-refractivity contribution in [3.8, 4) is 11.4 Å². The highest BCUT2D eigenvalue weighted by atomic mass is 16.6. The summed E-state index contributed by atoms with van der Waals surface area (Å²) in [6.45, 7) is 5.35. The van der Waals surface area contributed by atoms with Crippen LogP contribution < -0.4 is 4.74 Å². The molecule has 0 aliphatic heterocycles. The molecule has 0 atom stereocenters. The lowest BCUT2D eigenvalue weighted by Gasteiger charge is -2.19. The molecule has 20 heavy (non-hydrogen) atoms. The average Bonchev–Trinajstić information content (AvgIpc) is 2.88. The Morgan fingerprint density at radius 1 is 1.30 bits per heavy atom. The minimum atomic E-state index is -0.510. The Morgan fingerprint density at radius 3 is 2.70 bits per heavy atom. The highest BCUT2D eigenvalue weighted by molar-refractivity contribution is 5.71. The van der Waals surface area contributed by atoms with Gasteiger partial charge in [-0.15, -0.1) is 0 Å². The van der Waals surface area contributed by atoms with E-state index >= 15 is 0 Å². The van der Waals surface area contributed by atoms with E-state index < -0.39 is 11.6 Å². The summed E-state index contributed by atoms with van der Waals surface area (Å²) in [5.41, 5.74) is 0.318. The number of carbonyl (C=O) groups excluding carboxylic acids is 1. The van der Waals surface area contributed by atoms with Crippen LogP contribution in [0.3, 0.4) is 0 Å². The molecule has 0 saturated carbocycles. The van der Waals surface area contributed by atoms with E-state index in [4.69, 9.17) is 9.47 Å². The van der Waals surface area contributed by atoms with Crippen molar-refractivity contribution in [2.24, 2.45) is 0 Å². The molecule has 0 radical (unpaired) electrons. The van der Waals surface area contributed by atoms with Gasteiger partial charge in [0.05, 0.1) is 12.0 Å². The zero-order valence-corrected chi connectivity index (χ0v) is 11.9. The molecule has 1 aromatic carbocycles. The van der Waals surface area contributed by atoms with Gasteiger partial charge in [-0.2, -0.15) is 0 Å². The summed E-state index contributed by atoms with van der Waals surface area (Å²) in [4.78, 5) is 15.7. The van der Waals surface area contributed by atoms with Crippen LogP contribution in [0.2, 0.25) is 0 Å². The summed E-state index contributed by atoms with van der Waals surface area (Å²) >= 11 is 0. The molecule has 2 aromatic rings. The smallest absolute Gasteiger partial charge is 0.344 e. The van der Waals surface area contributed by atoms with Crippen LogP contribution >= 0.6 is 0 Å². The van der Waals surface area contributed by atoms with Crippen molar-refractivity contribution >= 4 is 5.97 Å². The zero-order valence-electron chi connectivity index (χ0n) is 11.9. The van der Waals surface area contributed by atoms with Gasteiger partial charge in [-0.1, -0.05) is 12.1 Å². The molecule has 0 fully saturated rings. The summed E-state index contributed by atoms with van der Waals surface area (Å²) in [7, 11) is 0. The Bertz CT molecular complexity index is 571. The van der Waals surface area contributed by atoms with Gasteiger partial charge in [0, 0.05) is 12.4 Å². The van der Waals surface area contributed by atoms with Gasteiger partial charge >= 0.3 is 5.97 Å². The van der Waals surface area contributed by atoms with E-state index in [1.165, 1.54) is 0 Å². The Labute approximate surface area is 118 Å². The highest BCUT2D eigenvalue weighted by Crippen LogP contribution is 2.22. The lowest BCUT2D eigenvalue weighted by Crippen LogP contribution is -2.27. The monoisotopic (exact) mass is 274 g/mol. The van der Waals surface area contributed by atoms with Crippen LogP contribution in [0.5, 0.6) is 5.75 Å². The van der Waals surface area contributed by atoms with Gasteiger partial charge in [0.1, 0.15) is 11.4 Å². The van der Waals surface area contributed by atoms with Crippen molar-refractivity contribution in [3.63, 3.8) is 0 Å². The van der Waals surface area contributed by atoms with Crippen LogP contribution in [0.1, 0.15) is 20.8 Å². The van der Waals surface area contributed by atoms with E-state index in [1.54, 1.807) is 18.6 Å². The largest absolute Gasteiger partial charge is 0.480 e. The highest BCUT2D eigenvalue weighted by Gasteiger charge is 2.17.